The van der Waals surface area contributed by atoms with Crippen LogP contribution in [0.25, 0.3) is 0 Å². The summed E-state index contributed by atoms with van der Waals surface area (Å²) in [6, 6.07) is 8.53. The van der Waals surface area contributed by atoms with E-state index in [4.69, 9.17) is 0 Å². The first-order valence-electron chi connectivity index (χ1n) is 6.84. The Morgan fingerprint density at radius 3 is 2.33 bits per heavy atom. The third-order valence-electron chi connectivity index (χ3n) is 3.71. The number of hydrogen-bond donors (Lipinski definition) is 2. The van der Waals surface area contributed by atoms with Gasteiger partial charge in [-0.1, -0.05) is 36.4 Å². The van der Waals surface area contributed by atoms with Gasteiger partial charge in [-0.05, 0) is 36.0 Å². The Morgan fingerprint density at radius 1 is 0.889 bits per heavy atom. The normalized spacial score (nSPS) is 19.8. The van der Waals surface area contributed by atoms with Gasteiger partial charge in [0.15, 0.2) is 0 Å². The van der Waals surface area contributed by atoms with Crippen molar-refractivity contribution in [1.29, 1.82) is 0 Å². The van der Waals surface area contributed by atoms with Gasteiger partial charge in [0, 0.05) is 25.3 Å². The Bertz CT molecular complexity index is 443. The molecule has 0 amide bonds. The highest BCUT2D eigenvalue weighted by Crippen LogP contribution is 2.23. The number of benzene rings is 1. The van der Waals surface area contributed by atoms with Gasteiger partial charge in [-0.25, -0.2) is 0 Å². The summed E-state index contributed by atoms with van der Waals surface area (Å²) in [6.45, 7) is 3.25. The second-order valence-electron chi connectivity index (χ2n) is 4.97. The van der Waals surface area contributed by atoms with Crippen molar-refractivity contribution in [2.24, 2.45) is 0 Å². The molecule has 0 atom stereocenters. The molecule has 2 aliphatic heterocycles. The molecule has 1 saturated heterocycles. The van der Waals surface area contributed by atoms with Crippen LogP contribution in [0.4, 0.5) is 0 Å². The summed E-state index contributed by atoms with van der Waals surface area (Å²) >= 11 is 0. The molecule has 0 aromatic heterocycles. The molecule has 4 rings (SSSR count). The fourth-order valence-electron chi connectivity index (χ4n) is 2.71. The summed E-state index contributed by atoms with van der Waals surface area (Å²) in [5.74, 6) is 0. The molecule has 94 valence electrons. The molecule has 0 spiro atoms. The summed E-state index contributed by atoms with van der Waals surface area (Å²) < 4.78 is 0. The zero-order valence-corrected chi connectivity index (χ0v) is 10.7. The topological polar surface area (TPSA) is 24.1 Å². The van der Waals surface area contributed by atoms with Crippen molar-refractivity contribution in [3.63, 3.8) is 0 Å². The Kier molecular flexibility index (Phi) is 3.47. The van der Waals surface area contributed by atoms with Crippen LogP contribution in [0.3, 0.4) is 0 Å². The Hall–Kier alpha value is -1.54. The van der Waals surface area contributed by atoms with Gasteiger partial charge in [-0.2, -0.15) is 0 Å². The molecule has 2 nitrogen and oxygen atoms in total. The number of rotatable bonds is 0. The van der Waals surface area contributed by atoms with Crippen LogP contribution in [-0.4, -0.2) is 6.54 Å². The van der Waals surface area contributed by atoms with Gasteiger partial charge >= 0.3 is 0 Å². The molecule has 0 saturated carbocycles. The van der Waals surface area contributed by atoms with Crippen LogP contribution < -0.4 is 10.6 Å². The lowest BCUT2D eigenvalue weighted by Crippen LogP contribution is -2.04. The highest BCUT2D eigenvalue weighted by Gasteiger charge is 2.13. The maximum atomic E-state index is 3.35. The van der Waals surface area contributed by atoms with Crippen LogP contribution in [0.2, 0.25) is 0 Å². The van der Waals surface area contributed by atoms with Crippen LogP contribution in [-0.2, 0) is 13.1 Å². The summed E-state index contributed by atoms with van der Waals surface area (Å²) in [4.78, 5) is 0. The van der Waals surface area contributed by atoms with Crippen molar-refractivity contribution >= 4 is 0 Å². The lowest BCUT2D eigenvalue weighted by Gasteiger charge is -2.05. The van der Waals surface area contributed by atoms with Crippen LogP contribution in [0.1, 0.15) is 30.4 Å². The van der Waals surface area contributed by atoms with Crippen LogP contribution >= 0.6 is 0 Å². The number of hydrogen-bond acceptors (Lipinski definition) is 2. The van der Waals surface area contributed by atoms with Crippen LogP contribution in [0.15, 0.2) is 47.7 Å². The fourth-order valence-corrected chi connectivity index (χ4v) is 2.71. The molecular formula is C16H20N2. The Morgan fingerprint density at radius 2 is 1.61 bits per heavy atom. The number of nitrogens with one attached hydrogen (secondary N) is 2. The average molecular weight is 240 g/mol. The van der Waals surface area contributed by atoms with E-state index in [0.29, 0.717) is 0 Å². The molecule has 2 N–H and O–H groups in total. The van der Waals surface area contributed by atoms with E-state index in [1.807, 2.05) is 0 Å². The molecule has 0 bridgehead atoms. The molecule has 0 radical (unpaired) electrons. The smallest absolute Gasteiger partial charge is 0.0329 e. The molecule has 1 aromatic rings. The lowest BCUT2D eigenvalue weighted by atomic mass is 10.0. The molecule has 3 aliphatic rings. The summed E-state index contributed by atoms with van der Waals surface area (Å²) in [6.07, 6.45) is 8.38. The quantitative estimate of drug-likeness (QED) is 0.728. The average Bonchev–Trinajstić information content (AvgIpc) is 3.08. The molecular weight excluding hydrogens is 220 g/mol. The first kappa shape index (κ1) is 11.5. The standard InChI is InChI=1S/C8H9N.C8H11N/c1-2-4-8-6-9-5-7(8)3-1;1-2-4-8-7(3-1)5-6-9-8/h1-4,9H,5-6H2;3-4,9H,1-2,5-6H2. The maximum Gasteiger partial charge on any atom is 0.0329 e. The van der Waals surface area contributed by atoms with E-state index in [-0.39, 0.29) is 0 Å². The van der Waals surface area contributed by atoms with E-state index in [2.05, 4.69) is 47.1 Å². The van der Waals surface area contributed by atoms with E-state index in [1.54, 1.807) is 5.57 Å². The molecule has 0 unspecified atom stereocenters. The van der Waals surface area contributed by atoms with E-state index in [1.165, 1.54) is 36.1 Å². The van der Waals surface area contributed by atoms with E-state index >= 15 is 0 Å². The highest BCUT2D eigenvalue weighted by molar-refractivity contribution is 5.35. The number of allylic oxidation sites excluding steroid dienone is 3. The minimum atomic E-state index is 1.05. The van der Waals surface area contributed by atoms with Crippen LogP contribution in [0, 0.1) is 0 Å². The van der Waals surface area contributed by atoms with Gasteiger partial charge in [-0.15, -0.1) is 0 Å². The number of fused-ring (bicyclic) bond motifs is 2. The van der Waals surface area contributed by atoms with Crippen molar-refractivity contribution in [2.45, 2.75) is 32.4 Å². The van der Waals surface area contributed by atoms with Crippen molar-refractivity contribution in [2.75, 3.05) is 6.54 Å². The largest absolute Gasteiger partial charge is 0.385 e. The van der Waals surface area contributed by atoms with Gasteiger partial charge in [0.2, 0.25) is 0 Å². The van der Waals surface area contributed by atoms with E-state index in [9.17, 15) is 0 Å². The van der Waals surface area contributed by atoms with Gasteiger partial charge in [0.05, 0.1) is 0 Å². The Balaban J connectivity index is 0.000000111. The van der Waals surface area contributed by atoms with E-state index < -0.39 is 0 Å². The zero-order valence-electron chi connectivity index (χ0n) is 10.7. The van der Waals surface area contributed by atoms with Gasteiger partial charge in [0.25, 0.3) is 0 Å². The predicted octanol–water partition coefficient (Wildman–Crippen LogP) is 2.87. The molecule has 1 fully saturated rings. The second kappa shape index (κ2) is 5.40. The minimum absolute atomic E-state index is 1.05. The molecule has 18 heavy (non-hydrogen) atoms. The third kappa shape index (κ3) is 2.49. The van der Waals surface area contributed by atoms with Gasteiger partial charge < -0.3 is 10.6 Å². The van der Waals surface area contributed by atoms with Gasteiger partial charge in [-0.3, -0.25) is 0 Å². The first-order chi connectivity index (χ1) is 8.93. The molecule has 1 aromatic carbocycles. The van der Waals surface area contributed by atoms with Crippen molar-refractivity contribution in [1.82, 2.24) is 10.6 Å². The third-order valence-corrected chi connectivity index (χ3v) is 3.71. The van der Waals surface area contributed by atoms with E-state index in [0.717, 1.165) is 19.6 Å². The fraction of sp³-hybridized carbons (Fsp3) is 0.375. The second-order valence-corrected chi connectivity index (χ2v) is 4.97. The highest BCUT2D eigenvalue weighted by atomic mass is 14.9. The summed E-state index contributed by atoms with van der Waals surface area (Å²) in [5.41, 5.74) is 5.86. The summed E-state index contributed by atoms with van der Waals surface area (Å²) in [5, 5.41) is 6.64. The van der Waals surface area contributed by atoms with Crippen molar-refractivity contribution < 1.29 is 0 Å². The molecule has 2 heterocycles. The minimum Gasteiger partial charge on any atom is -0.385 e. The van der Waals surface area contributed by atoms with Gasteiger partial charge in [0.1, 0.15) is 0 Å². The summed E-state index contributed by atoms with van der Waals surface area (Å²) in [7, 11) is 0. The lowest BCUT2D eigenvalue weighted by molar-refractivity contribution is 0.765. The molecule has 1 aliphatic carbocycles. The maximum absolute atomic E-state index is 3.35. The monoisotopic (exact) mass is 240 g/mol. The first-order valence-corrected chi connectivity index (χ1v) is 6.84. The zero-order chi connectivity index (χ0) is 12.2. The SMILES string of the molecule is C1=C2CCNC2=CCC1.c1ccc2c(c1)CNC2. The predicted molar refractivity (Wildman–Crippen MR) is 75.0 cm³/mol. The van der Waals surface area contributed by atoms with Crippen LogP contribution in [0.5, 0.6) is 0 Å². The van der Waals surface area contributed by atoms with Crippen molar-refractivity contribution in [3.05, 3.63) is 58.8 Å². The van der Waals surface area contributed by atoms with Crippen molar-refractivity contribution in [3.8, 4) is 0 Å². The Labute approximate surface area is 109 Å². The molecule has 2 heteroatoms.